The van der Waals surface area contributed by atoms with E-state index in [1.165, 1.54) is 12.0 Å². The van der Waals surface area contributed by atoms with E-state index >= 15 is 0 Å². The minimum atomic E-state index is 0.0802. The Kier molecular flexibility index (Phi) is 4.20. The summed E-state index contributed by atoms with van der Waals surface area (Å²) < 4.78 is 5.51. The minimum absolute atomic E-state index is 0.0802. The van der Waals surface area contributed by atoms with Crippen LogP contribution in [0.1, 0.15) is 65.7 Å². The van der Waals surface area contributed by atoms with Crippen molar-refractivity contribution in [1.82, 2.24) is 0 Å². The molecule has 0 N–H and O–H groups in total. The molecule has 0 aromatic heterocycles. The summed E-state index contributed by atoms with van der Waals surface area (Å²) in [5, 5.41) is 0. The lowest BCUT2D eigenvalue weighted by molar-refractivity contribution is -0.127. The number of rotatable bonds is 3. The van der Waals surface area contributed by atoms with Gasteiger partial charge in [0.1, 0.15) is 12.1 Å². The van der Waals surface area contributed by atoms with E-state index in [1.807, 2.05) is 0 Å². The Hall–Kier alpha value is -1.38. The lowest BCUT2D eigenvalue weighted by Crippen LogP contribution is -2.50. The van der Waals surface area contributed by atoms with Crippen LogP contribution in [0.5, 0.6) is 0 Å². The van der Waals surface area contributed by atoms with Crippen molar-refractivity contribution in [3.63, 3.8) is 0 Å². The Morgan fingerprint density at radius 2 is 1.96 bits per heavy atom. The van der Waals surface area contributed by atoms with Gasteiger partial charge < -0.3 is 4.74 Å². The molecular formula is C23H32O3. The second-order valence-electron chi connectivity index (χ2n) is 9.66. The van der Waals surface area contributed by atoms with E-state index < -0.39 is 0 Å². The lowest BCUT2D eigenvalue weighted by Gasteiger charge is -2.57. The Morgan fingerprint density at radius 3 is 2.62 bits per heavy atom. The highest BCUT2D eigenvalue weighted by Gasteiger charge is 2.59. The van der Waals surface area contributed by atoms with Gasteiger partial charge in [0, 0.05) is 12.3 Å². The highest BCUT2D eigenvalue weighted by molar-refractivity contribution is 5.80. The van der Waals surface area contributed by atoms with Gasteiger partial charge in [-0.25, -0.2) is 0 Å². The van der Waals surface area contributed by atoms with Crippen LogP contribution in [0.25, 0.3) is 0 Å². The Morgan fingerprint density at radius 1 is 1.19 bits per heavy atom. The summed E-state index contributed by atoms with van der Waals surface area (Å²) in [6.45, 7) is 6.52. The molecule has 4 aliphatic rings. The zero-order valence-electron chi connectivity index (χ0n) is 16.6. The molecule has 3 heteroatoms. The smallest absolute Gasteiger partial charge is 0.146 e. The molecule has 0 saturated heterocycles. The zero-order valence-corrected chi connectivity index (χ0v) is 16.6. The molecule has 0 radical (unpaired) electrons. The van der Waals surface area contributed by atoms with Crippen LogP contribution in [-0.4, -0.2) is 19.2 Å². The number of carbonyl (C=O) groups is 2. The number of methoxy groups -OCH3 is 1. The van der Waals surface area contributed by atoms with Crippen LogP contribution in [0, 0.1) is 34.5 Å². The SMILES string of the molecule is COC1=CC2=C(C=O)CC3C(CC[C@@]4(C)C3CC[C@@H]4C(C)=O)[C@@]2(C)CC1. The predicted octanol–water partition coefficient (Wildman–Crippen LogP) is 4.86. The molecule has 0 aliphatic heterocycles. The van der Waals surface area contributed by atoms with E-state index in [0.717, 1.165) is 56.1 Å². The van der Waals surface area contributed by atoms with Crippen LogP contribution in [0.2, 0.25) is 0 Å². The van der Waals surface area contributed by atoms with Gasteiger partial charge in [0.05, 0.1) is 12.9 Å². The van der Waals surface area contributed by atoms with Crippen molar-refractivity contribution in [3.05, 3.63) is 23.0 Å². The fraction of sp³-hybridized carbons (Fsp3) is 0.739. The Labute approximate surface area is 157 Å². The zero-order chi connectivity index (χ0) is 18.7. The molecule has 3 nitrogen and oxygen atoms in total. The maximum Gasteiger partial charge on any atom is 0.146 e. The first-order valence-corrected chi connectivity index (χ1v) is 10.3. The fourth-order valence-corrected chi connectivity index (χ4v) is 7.43. The highest BCUT2D eigenvalue weighted by atomic mass is 16.5. The van der Waals surface area contributed by atoms with Crippen molar-refractivity contribution in [3.8, 4) is 0 Å². The molecule has 0 spiro atoms. The molecule has 26 heavy (non-hydrogen) atoms. The third-order valence-corrected chi connectivity index (χ3v) is 8.76. The maximum absolute atomic E-state index is 12.3. The summed E-state index contributed by atoms with van der Waals surface area (Å²) >= 11 is 0. The fourth-order valence-electron chi connectivity index (χ4n) is 7.43. The van der Waals surface area contributed by atoms with E-state index in [4.69, 9.17) is 4.74 Å². The molecule has 2 fully saturated rings. The summed E-state index contributed by atoms with van der Waals surface area (Å²) in [4.78, 5) is 24.2. The van der Waals surface area contributed by atoms with Gasteiger partial charge in [0.2, 0.25) is 0 Å². The second kappa shape index (κ2) is 6.07. The molecule has 0 heterocycles. The Balaban J connectivity index is 1.76. The number of allylic oxidation sites excluding steroid dienone is 4. The summed E-state index contributed by atoms with van der Waals surface area (Å²) in [5.41, 5.74) is 2.44. The third-order valence-electron chi connectivity index (χ3n) is 8.76. The van der Waals surface area contributed by atoms with Crippen LogP contribution in [-0.2, 0) is 14.3 Å². The average Bonchev–Trinajstić information content (AvgIpc) is 2.98. The first kappa shape index (κ1) is 18.0. The van der Waals surface area contributed by atoms with E-state index in [2.05, 4.69) is 19.9 Å². The average molecular weight is 357 g/mol. The molecule has 0 aromatic rings. The predicted molar refractivity (Wildman–Crippen MR) is 101 cm³/mol. The largest absolute Gasteiger partial charge is 0.501 e. The molecular weight excluding hydrogens is 324 g/mol. The van der Waals surface area contributed by atoms with Crippen LogP contribution in [0.4, 0.5) is 0 Å². The van der Waals surface area contributed by atoms with Crippen LogP contribution < -0.4 is 0 Å². The monoisotopic (exact) mass is 356 g/mol. The topological polar surface area (TPSA) is 43.4 Å². The van der Waals surface area contributed by atoms with Gasteiger partial charge in [-0.2, -0.15) is 0 Å². The van der Waals surface area contributed by atoms with Gasteiger partial charge in [0.15, 0.2) is 0 Å². The van der Waals surface area contributed by atoms with Crippen LogP contribution in [0.15, 0.2) is 23.0 Å². The van der Waals surface area contributed by atoms with Crippen molar-refractivity contribution in [1.29, 1.82) is 0 Å². The number of ketones is 1. The van der Waals surface area contributed by atoms with Crippen molar-refractivity contribution in [2.45, 2.75) is 65.7 Å². The summed E-state index contributed by atoms with van der Waals surface area (Å²) in [7, 11) is 1.73. The molecule has 142 valence electrons. The number of hydrogen-bond acceptors (Lipinski definition) is 3. The molecule has 0 bridgehead atoms. The van der Waals surface area contributed by atoms with Crippen LogP contribution >= 0.6 is 0 Å². The number of fused-ring (bicyclic) bond motifs is 5. The summed E-state index contributed by atoms with van der Waals surface area (Å²) in [6.07, 6.45) is 10.7. The van der Waals surface area contributed by atoms with E-state index in [0.29, 0.717) is 23.5 Å². The minimum Gasteiger partial charge on any atom is -0.501 e. The Bertz CT molecular complexity index is 702. The van der Waals surface area contributed by atoms with Gasteiger partial charge >= 0.3 is 0 Å². The summed E-state index contributed by atoms with van der Waals surface area (Å²) in [6, 6.07) is 0. The van der Waals surface area contributed by atoms with E-state index in [-0.39, 0.29) is 16.7 Å². The standard InChI is InChI=1S/C23H32O3/c1-14(25)18-5-6-19-17-11-15(13-24)21-12-16(26-4)7-9-23(21,3)20(17)8-10-22(18,19)2/h12-13,17-20H,5-11H2,1-4H3/t17?,18-,19?,20?,22-,23-/m1/s1. The van der Waals surface area contributed by atoms with Gasteiger partial charge in [-0.3, -0.25) is 9.59 Å². The molecule has 0 aromatic carbocycles. The molecule has 6 atom stereocenters. The van der Waals surface area contributed by atoms with Crippen LogP contribution in [0.3, 0.4) is 0 Å². The number of aldehydes is 1. The molecule has 2 saturated carbocycles. The first-order valence-electron chi connectivity index (χ1n) is 10.3. The first-order chi connectivity index (χ1) is 12.3. The van der Waals surface area contributed by atoms with Crippen molar-refractivity contribution < 1.29 is 14.3 Å². The normalized spacial score (nSPS) is 44.5. The number of hydrogen-bond donors (Lipinski definition) is 0. The van der Waals surface area contributed by atoms with Crippen molar-refractivity contribution >= 4 is 12.1 Å². The molecule has 0 amide bonds. The van der Waals surface area contributed by atoms with Gasteiger partial charge in [-0.1, -0.05) is 13.8 Å². The number of carbonyl (C=O) groups excluding carboxylic acids is 2. The quantitative estimate of drug-likeness (QED) is 0.678. The lowest BCUT2D eigenvalue weighted by atomic mass is 9.47. The van der Waals surface area contributed by atoms with Gasteiger partial charge in [-0.05, 0) is 91.3 Å². The van der Waals surface area contributed by atoms with E-state index in [9.17, 15) is 9.59 Å². The maximum atomic E-state index is 12.3. The molecule has 4 rings (SSSR count). The van der Waals surface area contributed by atoms with E-state index in [1.54, 1.807) is 14.0 Å². The highest BCUT2D eigenvalue weighted by Crippen LogP contribution is 2.66. The number of Topliss-reactive ketones (excluding diaryl/α,β-unsaturated/α-hetero) is 1. The second-order valence-corrected chi connectivity index (χ2v) is 9.66. The van der Waals surface area contributed by atoms with Gasteiger partial charge in [-0.15, -0.1) is 0 Å². The molecule has 3 unspecified atom stereocenters. The van der Waals surface area contributed by atoms with Crippen molar-refractivity contribution in [2.24, 2.45) is 34.5 Å². The number of ether oxygens (including phenoxy) is 1. The molecule has 4 aliphatic carbocycles. The van der Waals surface area contributed by atoms with Crippen molar-refractivity contribution in [2.75, 3.05) is 7.11 Å². The third kappa shape index (κ3) is 2.31. The van der Waals surface area contributed by atoms with Gasteiger partial charge in [0.25, 0.3) is 0 Å². The summed E-state index contributed by atoms with van der Waals surface area (Å²) in [5.74, 6) is 3.35.